The number of aliphatic hydroxyl groups excluding tert-OH is 1. The lowest BCUT2D eigenvalue weighted by molar-refractivity contribution is -0.246. The van der Waals surface area contributed by atoms with E-state index >= 15 is 0 Å². The lowest BCUT2D eigenvalue weighted by Gasteiger charge is -2.72. The van der Waals surface area contributed by atoms with Crippen LogP contribution in [0.5, 0.6) is 0 Å². The van der Waals surface area contributed by atoms with E-state index in [1.54, 1.807) is 0 Å². The third-order valence-electron chi connectivity index (χ3n) is 13.6. The normalized spacial score (nSPS) is 56.7. The molecule has 0 amide bonds. The third kappa shape index (κ3) is 2.66. The molecule has 10 atom stereocenters. The summed E-state index contributed by atoms with van der Waals surface area (Å²) < 4.78 is 0. The number of fused-ring (bicyclic) bond motifs is 7. The first kappa shape index (κ1) is 23.4. The second-order valence-corrected chi connectivity index (χ2v) is 14.9. The molecular weight excluding hydrogens is 392 g/mol. The molecule has 0 radical (unpaired) electrons. The van der Waals surface area contributed by atoms with Crippen molar-refractivity contribution in [3.63, 3.8) is 0 Å². The van der Waals surface area contributed by atoms with Crippen molar-refractivity contribution < 1.29 is 9.90 Å². The van der Waals surface area contributed by atoms with Gasteiger partial charge in [-0.2, -0.15) is 0 Å². The SMILES string of the molecule is CC(C)C1CCC2(C=O)CCC3(C)C(CCC4C5(C)CCC(O)C(C)(C)C5CCC43C)C12. The van der Waals surface area contributed by atoms with Crippen molar-refractivity contribution in [3.05, 3.63) is 0 Å². The quantitative estimate of drug-likeness (QED) is 0.456. The minimum absolute atomic E-state index is 0.0273. The maximum Gasteiger partial charge on any atom is 0.126 e. The Morgan fingerprint density at radius 2 is 1.50 bits per heavy atom. The Morgan fingerprint density at radius 1 is 0.781 bits per heavy atom. The summed E-state index contributed by atoms with van der Waals surface area (Å²) in [6.07, 6.45) is 13.5. The first-order chi connectivity index (χ1) is 14.9. The summed E-state index contributed by atoms with van der Waals surface area (Å²) in [7, 11) is 0. The average molecular weight is 443 g/mol. The van der Waals surface area contributed by atoms with E-state index in [4.69, 9.17) is 0 Å². The number of aldehydes is 1. The molecule has 0 spiro atoms. The summed E-state index contributed by atoms with van der Waals surface area (Å²) in [5, 5.41) is 10.9. The number of hydrogen-bond acceptors (Lipinski definition) is 2. The zero-order valence-electron chi connectivity index (χ0n) is 22.0. The molecule has 5 aliphatic carbocycles. The molecule has 10 unspecified atom stereocenters. The van der Waals surface area contributed by atoms with Gasteiger partial charge in [0.25, 0.3) is 0 Å². The molecule has 2 nitrogen and oxygen atoms in total. The number of carbonyl (C=O) groups is 1. The van der Waals surface area contributed by atoms with Crippen molar-refractivity contribution in [1.29, 1.82) is 0 Å². The first-order valence-electron chi connectivity index (χ1n) is 14.0. The van der Waals surface area contributed by atoms with Crippen LogP contribution >= 0.6 is 0 Å². The smallest absolute Gasteiger partial charge is 0.126 e. The maximum atomic E-state index is 12.6. The summed E-state index contributed by atoms with van der Waals surface area (Å²) in [5.41, 5.74) is 1.05. The number of aliphatic hydroxyl groups is 1. The van der Waals surface area contributed by atoms with E-state index in [-0.39, 0.29) is 16.9 Å². The van der Waals surface area contributed by atoms with Crippen LogP contribution in [-0.4, -0.2) is 17.5 Å². The molecule has 5 saturated carbocycles. The zero-order chi connectivity index (χ0) is 23.3. The van der Waals surface area contributed by atoms with E-state index in [0.717, 1.165) is 31.1 Å². The number of rotatable bonds is 2. The van der Waals surface area contributed by atoms with Crippen LogP contribution in [0.3, 0.4) is 0 Å². The molecule has 1 N–H and O–H groups in total. The van der Waals surface area contributed by atoms with Crippen molar-refractivity contribution in [2.45, 2.75) is 119 Å². The molecule has 5 aliphatic rings. The van der Waals surface area contributed by atoms with Crippen molar-refractivity contribution in [3.8, 4) is 0 Å². The fourth-order valence-corrected chi connectivity index (χ4v) is 11.6. The standard InChI is InChI=1S/C30H50O2/c1-19(2)20-10-15-30(18-31)17-16-28(6)21(25(20)30)8-9-23-27(5)13-12-24(32)26(3,4)22(27)11-14-29(23,28)7/h18-25,32H,8-17H2,1-7H3. The van der Waals surface area contributed by atoms with Gasteiger partial charge in [0.2, 0.25) is 0 Å². The van der Waals surface area contributed by atoms with Gasteiger partial charge in [0.15, 0.2) is 0 Å². The van der Waals surface area contributed by atoms with Crippen LogP contribution in [0.15, 0.2) is 0 Å². The van der Waals surface area contributed by atoms with E-state index in [9.17, 15) is 9.90 Å². The Kier molecular flexibility index (Phi) is 5.17. The molecule has 0 heterocycles. The summed E-state index contributed by atoms with van der Waals surface area (Å²) in [5.74, 6) is 4.10. The maximum absolute atomic E-state index is 12.6. The van der Waals surface area contributed by atoms with E-state index in [1.165, 1.54) is 51.2 Å². The Hall–Kier alpha value is -0.370. The molecule has 182 valence electrons. The van der Waals surface area contributed by atoms with E-state index < -0.39 is 0 Å². The van der Waals surface area contributed by atoms with Gasteiger partial charge in [-0.25, -0.2) is 0 Å². The Labute approximate surface area is 197 Å². The number of carbonyl (C=O) groups excluding carboxylic acids is 1. The molecule has 0 aliphatic heterocycles. The van der Waals surface area contributed by atoms with Gasteiger partial charge in [-0.1, -0.05) is 48.5 Å². The predicted molar refractivity (Wildman–Crippen MR) is 131 cm³/mol. The minimum Gasteiger partial charge on any atom is -0.393 e. The number of hydrogen-bond donors (Lipinski definition) is 1. The highest BCUT2D eigenvalue weighted by Gasteiger charge is 2.70. The predicted octanol–water partition coefficient (Wildman–Crippen LogP) is 7.28. The molecule has 0 aromatic rings. The molecule has 0 aromatic carbocycles. The fraction of sp³-hybridized carbons (Fsp3) is 0.967. The van der Waals surface area contributed by atoms with Gasteiger partial charge in [0.05, 0.1) is 6.10 Å². The second-order valence-electron chi connectivity index (χ2n) is 14.9. The van der Waals surface area contributed by atoms with Gasteiger partial charge >= 0.3 is 0 Å². The summed E-state index contributed by atoms with van der Waals surface area (Å²) in [6, 6.07) is 0. The largest absolute Gasteiger partial charge is 0.393 e. The topological polar surface area (TPSA) is 37.3 Å². The first-order valence-corrected chi connectivity index (χ1v) is 14.0. The molecule has 0 aromatic heterocycles. The van der Waals surface area contributed by atoms with Gasteiger partial charge in [0, 0.05) is 5.41 Å². The van der Waals surface area contributed by atoms with Crippen LogP contribution in [0.1, 0.15) is 113 Å². The Balaban J connectivity index is 1.55. The molecule has 2 heteroatoms. The van der Waals surface area contributed by atoms with Crippen molar-refractivity contribution in [1.82, 2.24) is 0 Å². The van der Waals surface area contributed by atoms with E-state index in [1.807, 2.05) is 0 Å². The molecule has 5 rings (SSSR count). The summed E-state index contributed by atoms with van der Waals surface area (Å²) >= 11 is 0. The minimum atomic E-state index is -0.148. The second kappa shape index (κ2) is 7.08. The highest BCUT2D eigenvalue weighted by Crippen LogP contribution is 2.77. The molecule has 5 fully saturated rings. The van der Waals surface area contributed by atoms with Crippen LogP contribution in [0.2, 0.25) is 0 Å². The van der Waals surface area contributed by atoms with Crippen molar-refractivity contribution in [2.24, 2.45) is 62.6 Å². The Bertz CT molecular complexity index is 771. The van der Waals surface area contributed by atoms with Crippen LogP contribution in [0.25, 0.3) is 0 Å². The molecular formula is C30H50O2. The van der Waals surface area contributed by atoms with Gasteiger partial charge in [-0.3, -0.25) is 0 Å². The van der Waals surface area contributed by atoms with Gasteiger partial charge in [0.1, 0.15) is 6.29 Å². The van der Waals surface area contributed by atoms with Crippen molar-refractivity contribution >= 4 is 6.29 Å². The van der Waals surface area contributed by atoms with E-state index in [0.29, 0.717) is 39.9 Å². The van der Waals surface area contributed by atoms with Crippen molar-refractivity contribution in [2.75, 3.05) is 0 Å². The van der Waals surface area contributed by atoms with Gasteiger partial charge < -0.3 is 9.90 Å². The van der Waals surface area contributed by atoms with Crippen LogP contribution in [-0.2, 0) is 4.79 Å². The zero-order valence-corrected chi connectivity index (χ0v) is 22.0. The van der Waals surface area contributed by atoms with E-state index in [2.05, 4.69) is 48.5 Å². The summed E-state index contributed by atoms with van der Waals surface area (Å²) in [4.78, 5) is 12.6. The molecule has 32 heavy (non-hydrogen) atoms. The van der Waals surface area contributed by atoms with Crippen LogP contribution < -0.4 is 0 Å². The van der Waals surface area contributed by atoms with Gasteiger partial charge in [-0.15, -0.1) is 0 Å². The van der Waals surface area contributed by atoms with Gasteiger partial charge in [-0.05, 0) is 121 Å². The highest BCUT2D eigenvalue weighted by atomic mass is 16.3. The van der Waals surface area contributed by atoms with Crippen LogP contribution in [0, 0.1) is 62.6 Å². The molecule has 0 saturated heterocycles. The lowest BCUT2D eigenvalue weighted by atomic mass is 9.32. The fourth-order valence-electron chi connectivity index (χ4n) is 11.6. The highest BCUT2D eigenvalue weighted by molar-refractivity contribution is 5.61. The lowest BCUT2D eigenvalue weighted by Crippen LogP contribution is -2.66. The monoisotopic (exact) mass is 442 g/mol. The Morgan fingerprint density at radius 3 is 2.16 bits per heavy atom. The molecule has 0 bridgehead atoms. The van der Waals surface area contributed by atoms with Crippen LogP contribution in [0.4, 0.5) is 0 Å². The third-order valence-corrected chi connectivity index (χ3v) is 13.6. The summed E-state index contributed by atoms with van der Waals surface area (Å²) in [6.45, 7) is 17.5. The average Bonchev–Trinajstić information content (AvgIpc) is 3.12.